The zero-order valence-corrected chi connectivity index (χ0v) is 12.8. The monoisotopic (exact) mass is 300 g/mol. The highest BCUT2D eigenvalue weighted by Gasteiger charge is 2.38. The van der Waals surface area contributed by atoms with Gasteiger partial charge in [0, 0.05) is 15.7 Å². The molecule has 0 N–H and O–H groups in total. The second-order valence-corrected chi connectivity index (χ2v) is 7.63. The van der Waals surface area contributed by atoms with E-state index in [2.05, 4.69) is 40.3 Å². The summed E-state index contributed by atoms with van der Waals surface area (Å²) < 4.78 is 0. The van der Waals surface area contributed by atoms with Gasteiger partial charge in [0.1, 0.15) is 16.8 Å². The minimum absolute atomic E-state index is 0.303. The van der Waals surface area contributed by atoms with Crippen LogP contribution in [0.2, 0.25) is 0 Å². The molecule has 4 rings (SSSR count). The normalized spacial score (nSPS) is 28.1. The minimum Gasteiger partial charge on any atom is -0.254 e. The van der Waals surface area contributed by atoms with Crippen LogP contribution in [0, 0.1) is 0 Å². The second kappa shape index (κ2) is 5.41. The highest BCUT2D eigenvalue weighted by molar-refractivity contribution is 8.14. The first-order valence-corrected chi connectivity index (χ1v) is 8.89. The zero-order valence-electron chi connectivity index (χ0n) is 11.2. The molecule has 2 heterocycles. The van der Waals surface area contributed by atoms with Gasteiger partial charge in [-0.3, -0.25) is 4.99 Å². The van der Waals surface area contributed by atoms with Crippen molar-refractivity contribution in [3.05, 3.63) is 41.5 Å². The van der Waals surface area contributed by atoms with Crippen molar-refractivity contribution in [3.8, 4) is 0 Å². The van der Waals surface area contributed by atoms with Crippen LogP contribution in [0.4, 0.5) is 0 Å². The molecule has 20 heavy (non-hydrogen) atoms. The fourth-order valence-electron chi connectivity index (χ4n) is 3.07. The van der Waals surface area contributed by atoms with Gasteiger partial charge < -0.3 is 0 Å². The Hall–Kier alpha value is -1.00. The molecule has 0 saturated heterocycles. The van der Waals surface area contributed by atoms with Gasteiger partial charge in [-0.15, -0.1) is 11.8 Å². The van der Waals surface area contributed by atoms with Gasteiger partial charge in [0.05, 0.1) is 0 Å². The van der Waals surface area contributed by atoms with E-state index in [0.717, 1.165) is 0 Å². The average Bonchev–Trinajstić information content (AvgIpc) is 2.88. The summed E-state index contributed by atoms with van der Waals surface area (Å²) in [4.78, 5) is 10.4. The van der Waals surface area contributed by atoms with E-state index in [1.54, 1.807) is 23.7 Å². The number of rotatable bonds is 1. The van der Waals surface area contributed by atoms with Crippen LogP contribution in [0.15, 0.2) is 56.4 Å². The maximum atomic E-state index is 4.59. The van der Waals surface area contributed by atoms with E-state index < -0.39 is 0 Å². The van der Waals surface area contributed by atoms with E-state index in [1.807, 2.05) is 11.8 Å². The molecule has 1 saturated carbocycles. The Balaban J connectivity index is 1.68. The van der Waals surface area contributed by atoms with Crippen LogP contribution in [-0.2, 0) is 0 Å². The Kier molecular flexibility index (Phi) is 3.44. The van der Waals surface area contributed by atoms with Crippen molar-refractivity contribution < 1.29 is 0 Å². The lowest BCUT2D eigenvalue weighted by molar-refractivity contribution is 0.611. The summed E-state index contributed by atoms with van der Waals surface area (Å²) >= 11 is 3.81. The van der Waals surface area contributed by atoms with Gasteiger partial charge in [-0.2, -0.15) is 0 Å². The number of hydrogen-bond acceptors (Lipinski definition) is 4. The highest BCUT2D eigenvalue weighted by Crippen LogP contribution is 2.49. The predicted molar refractivity (Wildman–Crippen MR) is 88.9 cm³/mol. The molecular formula is C16H16N2S2. The van der Waals surface area contributed by atoms with Crippen LogP contribution in [-0.4, -0.2) is 22.0 Å². The van der Waals surface area contributed by atoms with Gasteiger partial charge in [0.25, 0.3) is 0 Å². The number of hydrogen-bond donors (Lipinski definition) is 0. The van der Waals surface area contributed by atoms with E-state index in [9.17, 15) is 0 Å². The fourth-order valence-corrected chi connectivity index (χ4v) is 5.66. The van der Waals surface area contributed by atoms with E-state index in [0.29, 0.717) is 10.6 Å². The topological polar surface area (TPSA) is 24.7 Å². The first-order chi connectivity index (χ1) is 9.92. The van der Waals surface area contributed by atoms with Crippen LogP contribution in [0.3, 0.4) is 0 Å². The van der Waals surface area contributed by atoms with Crippen molar-refractivity contribution in [2.24, 2.45) is 9.98 Å². The maximum absolute atomic E-state index is 4.59. The summed E-state index contributed by atoms with van der Waals surface area (Å²) in [5, 5.41) is 2.17. The third-order valence-corrected chi connectivity index (χ3v) is 6.49. The molecule has 1 aromatic carbocycles. The van der Waals surface area contributed by atoms with E-state index >= 15 is 0 Å². The quantitative estimate of drug-likeness (QED) is 0.761. The van der Waals surface area contributed by atoms with Crippen LogP contribution in [0.1, 0.15) is 25.7 Å². The molecule has 102 valence electrons. The molecular weight excluding hydrogens is 284 g/mol. The molecule has 1 fully saturated rings. The van der Waals surface area contributed by atoms with E-state index in [1.165, 1.54) is 41.2 Å². The largest absolute Gasteiger partial charge is 0.254 e. The lowest BCUT2D eigenvalue weighted by atomic mass is 9.91. The zero-order chi connectivity index (χ0) is 13.4. The molecule has 0 radical (unpaired) electrons. The molecule has 2 atom stereocenters. The van der Waals surface area contributed by atoms with Gasteiger partial charge >= 0.3 is 0 Å². The molecule has 2 unspecified atom stereocenters. The molecule has 4 heteroatoms. The second-order valence-electron chi connectivity index (χ2n) is 5.28. The Bertz CT molecular complexity index is 604. The number of nitrogens with zero attached hydrogens (tertiary/aromatic N) is 2. The number of benzene rings is 1. The number of aliphatic imine (C=N–C) groups is 2. The third-order valence-electron chi connectivity index (χ3n) is 4.00. The van der Waals surface area contributed by atoms with Crippen molar-refractivity contribution in [2.45, 2.75) is 41.2 Å². The van der Waals surface area contributed by atoms with E-state index in [4.69, 9.17) is 0 Å². The minimum atomic E-state index is 0.303. The summed E-state index contributed by atoms with van der Waals surface area (Å²) in [6.07, 6.45) is 7.01. The van der Waals surface area contributed by atoms with Crippen molar-refractivity contribution >= 4 is 34.9 Å². The molecule has 0 aromatic heterocycles. The van der Waals surface area contributed by atoms with Gasteiger partial charge in [-0.1, -0.05) is 36.4 Å². The molecule has 1 aromatic rings. The standard InChI is InChI=1S/C16H16N2S2/c1-2-6-11(7-3-1)19-15-14-12-8-4-5-9-13(12)20-16(14)18-10-17-15/h1-3,6-7,10,13,16H,4-5,8-9H2. The lowest BCUT2D eigenvalue weighted by Gasteiger charge is -2.20. The summed E-state index contributed by atoms with van der Waals surface area (Å²) in [6, 6.07) is 10.5. The van der Waals surface area contributed by atoms with Gasteiger partial charge in [-0.25, -0.2) is 4.99 Å². The highest BCUT2D eigenvalue weighted by atomic mass is 32.2. The van der Waals surface area contributed by atoms with Crippen LogP contribution in [0.5, 0.6) is 0 Å². The van der Waals surface area contributed by atoms with Crippen molar-refractivity contribution in [2.75, 3.05) is 0 Å². The smallest absolute Gasteiger partial charge is 0.125 e. The Labute approximate surface area is 127 Å². The first kappa shape index (κ1) is 12.7. The fraction of sp³-hybridized carbons (Fsp3) is 0.375. The molecule has 0 amide bonds. The van der Waals surface area contributed by atoms with Crippen LogP contribution >= 0.6 is 23.5 Å². The first-order valence-electron chi connectivity index (χ1n) is 7.13. The van der Waals surface area contributed by atoms with Gasteiger partial charge in [-0.05, 0) is 37.0 Å². The Morgan fingerprint density at radius 3 is 2.95 bits per heavy atom. The molecule has 2 nitrogen and oxygen atoms in total. The van der Waals surface area contributed by atoms with Crippen LogP contribution in [0.25, 0.3) is 0 Å². The molecule has 0 bridgehead atoms. The molecule has 3 aliphatic rings. The van der Waals surface area contributed by atoms with Crippen molar-refractivity contribution in [3.63, 3.8) is 0 Å². The summed E-state index contributed by atoms with van der Waals surface area (Å²) in [7, 11) is 0. The van der Waals surface area contributed by atoms with Crippen molar-refractivity contribution in [1.82, 2.24) is 0 Å². The Morgan fingerprint density at radius 2 is 2.05 bits per heavy atom. The van der Waals surface area contributed by atoms with Gasteiger partial charge in [0.2, 0.25) is 0 Å². The average molecular weight is 300 g/mol. The Morgan fingerprint density at radius 1 is 1.15 bits per heavy atom. The SMILES string of the molecule is C1=NC2SC3CCCCC3=C2C(Sc2ccccc2)=N1. The third kappa shape index (κ3) is 2.25. The van der Waals surface area contributed by atoms with Crippen molar-refractivity contribution in [1.29, 1.82) is 0 Å². The van der Waals surface area contributed by atoms with Gasteiger partial charge in [0.15, 0.2) is 0 Å². The maximum Gasteiger partial charge on any atom is 0.125 e. The van der Waals surface area contributed by atoms with E-state index in [-0.39, 0.29) is 0 Å². The summed E-state index contributed by atoms with van der Waals surface area (Å²) in [5.74, 6) is 0. The summed E-state index contributed by atoms with van der Waals surface area (Å²) in [5.41, 5.74) is 3.06. The predicted octanol–water partition coefficient (Wildman–Crippen LogP) is 4.53. The number of fused-ring (bicyclic) bond motifs is 2. The summed E-state index contributed by atoms with van der Waals surface area (Å²) in [6.45, 7) is 0. The lowest BCUT2D eigenvalue weighted by Crippen LogP contribution is -2.14. The number of thioether (sulfide) groups is 2. The molecule has 2 aliphatic heterocycles. The van der Waals surface area contributed by atoms with Crippen LogP contribution < -0.4 is 0 Å². The molecule has 1 aliphatic carbocycles. The molecule has 0 spiro atoms.